The predicted molar refractivity (Wildman–Crippen MR) is 72.7 cm³/mol. The van der Waals surface area contributed by atoms with Crippen molar-refractivity contribution in [3.63, 3.8) is 0 Å². The molecule has 1 rings (SSSR count). The zero-order valence-corrected chi connectivity index (χ0v) is 15.5. The largest absolute Gasteiger partial charge is 1.00 e. The Bertz CT molecular complexity index is 478. The van der Waals surface area contributed by atoms with E-state index in [2.05, 4.69) is 0 Å². The molecule has 0 saturated heterocycles. The second-order valence-corrected chi connectivity index (χ2v) is 6.36. The number of halogens is 3. The van der Waals surface area contributed by atoms with E-state index in [1.54, 1.807) is 12.1 Å². The van der Waals surface area contributed by atoms with Crippen LogP contribution in [0.1, 0.15) is 5.56 Å². The minimum absolute atomic E-state index is 0. The fraction of sp³-hybridized carbons (Fsp3) is 0.455. The Hall–Kier alpha value is 1.000. The van der Waals surface area contributed by atoms with Crippen LogP contribution in [0.15, 0.2) is 29.2 Å². The molecule has 0 aliphatic carbocycles. The molecule has 0 unspecified atom stereocenters. The summed E-state index contributed by atoms with van der Waals surface area (Å²) in [5, 5.41) is 0. The summed E-state index contributed by atoms with van der Waals surface area (Å²) >= 11 is 17.6. The van der Waals surface area contributed by atoms with E-state index < -0.39 is 15.5 Å². The third kappa shape index (κ3) is 5.71. The standard InChI is InChI=1S/C11H13Cl3O3S.Na/c12-6-11(7-13,8-14)5-9-1-3-10(4-2-9)18(15,16)17;/h1-4H,5-8H2,(H,15,16,17);/q;+1/p-1. The maximum Gasteiger partial charge on any atom is 1.00 e. The predicted octanol–water partition coefficient (Wildman–Crippen LogP) is -0.160. The molecule has 0 aromatic heterocycles. The molecule has 0 N–H and O–H groups in total. The molecule has 0 amide bonds. The summed E-state index contributed by atoms with van der Waals surface area (Å²) in [6, 6.07) is 5.70. The van der Waals surface area contributed by atoms with Gasteiger partial charge in [-0.3, -0.25) is 0 Å². The molecule has 8 heteroatoms. The Kier molecular flexibility index (Phi) is 8.89. The molecule has 0 aliphatic rings. The van der Waals surface area contributed by atoms with Gasteiger partial charge in [0.05, 0.1) is 4.90 Å². The average molecular weight is 354 g/mol. The van der Waals surface area contributed by atoms with E-state index in [-0.39, 0.29) is 34.5 Å². The molecule has 0 atom stereocenters. The minimum Gasteiger partial charge on any atom is -0.744 e. The van der Waals surface area contributed by atoms with Gasteiger partial charge in [0.2, 0.25) is 0 Å². The molecule has 0 radical (unpaired) electrons. The van der Waals surface area contributed by atoms with Crippen molar-refractivity contribution in [1.82, 2.24) is 0 Å². The molecule has 0 aliphatic heterocycles. The summed E-state index contributed by atoms with van der Waals surface area (Å²) in [4.78, 5) is -0.250. The molecule has 1 aromatic carbocycles. The average Bonchev–Trinajstić information content (AvgIpc) is 2.36. The Balaban J connectivity index is 0.00000324. The van der Waals surface area contributed by atoms with Crippen molar-refractivity contribution >= 4 is 44.9 Å². The second kappa shape index (κ2) is 8.44. The molecular formula is C11H12Cl3NaO3S. The van der Waals surface area contributed by atoms with Gasteiger partial charge in [-0.05, 0) is 24.1 Å². The van der Waals surface area contributed by atoms with E-state index in [4.69, 9.17) is 34.8 Å². The molecule has 3 nitrogen and oxygen atoms in total. The van der Waals surface area contributed by atoms with Crippen LogP contribution in [0.5, 0.6) is 0 Å². The van der Waals surface area contributed by atoms with Gasteiger partial charge < -0.3 is 4.55 Å². The van der Waals surface area contributed by atoms with Gasteiger partial charge in [0.15, 0.2) is 0 Å². The monoisotopic (exact) mass is 352 g/mol. The van der Waals surface area contributed by atoms with Gasteiger partial charge >= 0.3 is 29.6 Å². The van der Waals surface area contributed by atoms with Crippen LogP contribution in [0.25, 0.3) is 0 Å². The maximum absolute atomic E-state index is 10.8. The third-order valence-corrected chi connectivity index (χ3v) is 5.19. The first-order valence-electron chi connectivity index (χ1n) is 5.10. The Labute approximate surface area is 150 Å². The molecule has 0 bridgehead atoms. The summed E-state index contributed by atoms with van der Waals surface area (Å²) in [6.45, 7) is 0. The third-order valence-electron chi connectivity index (χ3n) is 2.64. The first-order chi connectivity index (χ1) is 8.37. The first-order valence-corrected chi connectivity index (χ1v) is 8.11. The van der Waals surface area contributed by atoms with Crippen LogP contribution < -0.4 is 29.6 Å². The maximum atomic E-state index is 10.8. The molecular weight excluding hydrogens is 342 g/mol. The summed E-state index contributed by atoms with van der Waals surface area (Å²) in [5.74, 6) is 0.921. The quantitative estimate of drug-likeness (QED) is 0.406. The number of alkyl halides is 3. The van der Waals surface area contributed by atoms with E-state index in [0.29, 0.717) is 24.1 Å². The van der Waals surface area contributed by atoms with Crippen molar-refractivity contribution in [3.05, 3.63) is 29.8 Å². The van der Waals surface area contributed by atoms with Crippen LogP contribution in [-0.2, 0) is 16.5 Å². The van der Waals surface area contributed by atoms with Crippen LogP contribution in [0.2, 0.25) is 0 Å². The zero-order valence-electron chi connectivity index (χ0n) is 10.4. The van der Waals surface area contributed by atoms with Crippen LogP contribution in [0.3, 0.4) is 0 Å². The van der Waals surface area contributed by atoms with Crippen molar-refractivity contribution in [3.8, 4) is 0 Å². The van der Waals surface area contributed by atoms with E-state index in [1.807, 2.05) is 0 Å². The van der Waals surface area contributed by atoms with Crippen LogP contribution in [0.4, 0.5) is 0 Å². The summed E-state index contributed by atoms with van der Waals surface area (Å²) in [6.07, 6.45) is 0.530. The second-order valence-electron chi connectivity index (χ2n) is 4.18. The Morgan fingerprint density at radius 1 is 1.00 bits per heavy atom. The van der Waals surface area contributed by atoms with Crippen LogP contribution in [0, 0.1) is 5.41 Å². The first kappa shape index (κ1) is 20.0. The molecule has 0 heterocycles. The molecule has 19 heavy (non-hydrogen) atoms. The molecule has 0 fully saturated rings. The van der Waals surface area contributed by atoms with Gasteiger partial charge in [-0.15, -0.1) is 34.8 Å². The number of hydrogen-bond acceptors (Lipinski definition) is 3. The molecule has 102 valence electrons. The number of rotatable bonds is 6. The van der Waals surface area contributed by atoms with Crippen molar-refractivity contribution in [1.29, 1.82) is 0 Å². The van der Waals surface area contributed by atoms with E-state index >= 15 is 0 Å². The van der Waals surface area contributed by atoms with E-state index in [9.17, 15) is 13.0 Å². The van der Waals surface area contributed by atoms with Gasteiger partial charge in [-0.25, -0.2) is 8.42 Å². The zero-order chi connectivity index (χ0) is 13.8. The Morgan fingerprint density at radius 3 is 1.74 bits per heavy atom. The SMILES string of the molecule is O=S(=O)([O-])c1ccc(CC(CCl)(CCl)CCl)cc1.[Na+]. The summed E-state index contributed by atoms with van der Waals surface area (Å²) in [5.41, 5.74) is 0.409. The van der Waals surface area contributed by atoms with Gasteiger partial charge in [0.25, 0.3) is 0 Å². The smallest absolute Gasteiger partial charge is 0.744 e. The van der Waals surface area contributed by atoms with Gasteiger partial charge in [0.1, 0.15) is 10.1 Å². The summed E-state index contributed by atoms with van der Waals surface area (Å²) in [7, 11) is -4.41. The van der Waals surface area contributed by atoms with Crippen molar-refractivity contribution in [2.75, 3.05) is 17.6 Å². The molecule has 0 saturated carbocycles. The fourth-order valence-electron chi connectivity index (χ4n) is 1.46. The van der Waals surface area contributed by atoms with Gasteiger partial charge in [0, 0.05) is 23.1 Å². The minimum atomic E-state index is -4.41. The Morgan fingerprint density at radius 2 is 1.42 bits per heavy atom. The van der Waals surface area contributed by atoms with Gasteiger partial charge in [-0.1, -0.05) is 12.1 Å². The van der Waals surface area contributed by atoms with Crippen LogP contribution >= 0.6 is 34.8 Å². The van der Waals surface area contributed by atoms with Crippen molar-refractivity contribution in [2.24, 2.45) is 5.41 Å². The van der Waals surface area contributed by atoms with Crippen molar-refractivity contribution in [2.45, 2.75) is 11.3 Å². The normalized spacial score (nSPS) is 12.0. The molecule has 1 aromatic rings. The number of benzene rings is 1. The van der Waals surface area contributed by atoms with Crippen molar-refractivity contribution < 1.29 is 42.5 Å². The fourth-order valence-corrected chi connectivity index (χ4v) is 3.07. The summed E-state index contributed by atoms with van der Waals surface area (Å²) < 4.78 is 32.3. The number of hydrogen-bond donors (Lipinski definition) is 0. The van der Waals surface area contributed by atoms with E-state index in [1.165, 1.54) is 12.1 Å². The molecule has 0 spiro atoms. The van der Waals surface area contributed by atoms with E-state index in [0.717, 1.165) is 5.56 Å². The van der Waals surface area contributed by atoms with Gasteiger partial charge in [-0.2, -0.15) is 0 Å². The topological polar surface area (TPSA) is 57.2 Å². The van der Waals surface area contributed by atoms with Crippen LogP contribution in [-0.4, -0.2) is 30.6 Å².